The molecule has 0 aliphatic heterocycles. The highest BCUT2D eigenvalue weighted by molar-refractivity contribution is 7.16. The second-order valence-electron chi connectivity index (χ2n) is 5.47. The predicted octanol–water partition coefficient (Wildman–Crippen LogP) is 2.65. The topological polar surface area (TPSA) is 55.2 Å². The van der Waals surface area contributed by atoms with Gasteiger partial charge in [0.1, 0.15) is 10.6 Å². The minimum absolute atomic E-state index is 0.147. The second kappa shape index (κ2) is 6.92. The van der Waals surface area contributed by atoms with Crippen LogP contribution >= 0.6 is 11.3 Å². The maximum Gasteiger partial charge on any atom is 0.262 e. The summed E-state index contributed by atoms with van der Waals surface area (Å²) in [4.78, 5) is 30.9. The number of amides is 1. The van der Waals surface area contributed by atoms with Crippen molar-refractivity contribution in [1.29, 1.82) is 0 Å². The van der Waals surface area contributed by atoms with Gasteiger partial charge in [-0.1, -0.05) is 18.2 Å². The first-order valence-corrected chi connectivity index (χ1v) is 8.34. The van der Waals surface area contributed by atoms with Crippen LogP contribution in [-0.2, 0) is 17.9 Å². The number of hydrogen-bond acceptors (Lipinski definition) is 4. The number of carbonyl (C=O) groups excluding carboxylic acids is 1. The molecule has 24 heavy (non-hydrogen) atoms. The summed E-state index contributed by atoms with van der Waals surface area (Å²) in [5, 5.41) is 2.38. The molecule has 124 valence electrons. The van der Waals surface area contributed by atoms with E-state index in [9.17, 15) is 14.0 Å². The van der Waals surface area contributed by atoms with Crippen LogP contribution in [-0.4, -0.2) is 27.4 Å². The Bertz CT molecular complexity index is 935. The van der Waals surface area contributed by atoms with Crippen molar-refractivity contribution in [2.75, 3.05) is 7.05 Å². The molecule has 0 bridgehead atoms. The van der Waals surface area contributed by atoms with Crippen molar-refractivity contribution >= 4 is 27.5 Å². The zero-order valence-electron chi connectivity index (χ0n) is 13.1. The van der Waals surface area contributed by atoms with Crippen LogP contribution in [0.5, 0.6) is 0 Å². The Morgan fingerprint density at radius 1 is 1.33 bits per heavy atom. The molecule has 0 radical (unpaired) electrons. The first-order chi connectivity index (χ1) is 11.6. The molecule has 2 aromatic heterocycles. The number of carbonyl (C=O) groups is 1. The van der Waals surface area contributed by atoms with E-state index in [-0.39, 0.29) is 36.8 Å². The molecule has 1 amide bonds. The van der Waals surface area contributed by atoms with Gasteiger partial charge < -0.3 is 4.90 Å². The average molecular weight is 345 g/mol. The normalized spacial score (nSPS) is 10.9. The summed E-state index contributed by atoms with van der Waals surface area (Å²) >= 11 is 1.41. The fourth-order valence-corrected chi connectivity index (χ4v) is 3.15. The number of aromatic nitrogens is 2. The van der Waals surface area contributed by atoms with Gasteiger partial charge in [0.15, 0.2) is 0 Å². The minimum atomic E-state index is -0.333. The maximum absolute atomic E-state index is 13.6. The van der Waals surface area contributed by atoms with E-state index in [1.165, 1.54) is 33.2 Å². The fourth-order valence-electron chi connectivity index (χ4n) is 2.43. The van der Waals surface area contributed by atoms with E-state index in [0.717, 1.165) is 0 Å². The van der Waals surface area contributed by atoms with E-state index < -0.39 is 0 Å². The number of nitrogens with zero attached hydrogens (tertiary/aromatic N) is 3. The third kappa shape index (κ3) is 3.35. The van der Waals surface area contributed by atoms with E-state index >= 15 is 0 Å². The Hall–Kier alpha value is -2.54. The minimum Gasteiger partial charge on any atom is -0.341 e. The van der Waals surface area contributed by atoms with Crippen LogP contribution in [0.3, 0.4) is 0 Å². The first kappa shape index (κ1) is 16.3. The SMILES string of the molecule is CN(Cc1ccccc1F)C(=O)CCn1cnc2sccc2c1=O. The maximum atomic E-state index is 13.6. The molecule has 7 heteroatoms. The van der Waals surface area contributed by atoms with Crippen LogP contribution in [0.15, 0.2) is 46.8 Å². The van der Waals surface area contributed by atoms with Gasteiger partial charge in [-0.2, -0.15) is 0 Å². The third-order valence-corrected chi connectivity index (χ3v) is 4.63. The number of benzene rings is 1. The molecule has 3 rings (SSSR count). The molecule has 0 N–H and O–H groups in total. The van der Waals surface area contributed by atoms with Gasteiger partial charge in [-0.15, -0.1) is 11.3 Å². The number of rotatable bonds is 5. The zero-order chi connectivity index (χ0) is 17.1. The van der Waals surface area contributed by atoms with Crippen LogP contribution in [0.4, 0.5) is 4.39 Å². The quantitative estimate of drug-likeness (QED) is 0.714. The molecule has 5 nitrogen and oxygen atoms in total. The largest absolute Gasteiger partial charge is 0.341 e. The Kier molecular flexibility index (Phi) is 4.71. The fraction of sp³-hybridized carbons (Fsp3) is 0.235. The van der Waals surface area contributed by atoms with Crippen molar-refractivity contribution in [2.45, 2.75) is 19.5 Å². The highest BCUT2D eigenvalue weighted by Gasteiger charge is 2.13. The Morgan fingerprint density at radius 3 is 2.92 bits per heavy atom. The van der Waals surface area contributed by atoms with Crippen LogP contribution in [0.25, 0.3) is 10.2 Å². The molecule has 0 atom stereocenters. The number of halogens is 1. The molecule has 0 aliphatic carbocycles. The monoisotopic (exact) mass is 345 g/mol. The first-order valence-electron chi connectivity index (χ1n) is 7.46. The van der Waals surface area contributed by atoms with Crippen molar-refractivity contribution in [3.8, 4) is 0 Å². The zero-order valence-corrected chi connectivity index (χ0v) is 13.9. The lowest BCUT2D eigenvalue weighted by molar-refractivity contribution is -0.130. The highest BCUT2D eigenvalue weighted by Crippen LogP contribution is 2.13. The molecule has 1 aromatic carbocycles. The van der Waals surface area contributed by atoms with E-state index in [1.807, 2.05) is 5.38 Å². The molecule has 0 saturated carbocycles. The van der Waals surface area contributed by atoms with Gasteiger partial charge in [-0.3, -0.25) is 14.2 Å². The number of thiophene rings is 1. The summed E-state index contributed by atoms with van der Waals surface area (Å²) in [5.41, 5.74) is 0.317. The summed E-state index contributed by atoms with van der Waals surface area (Å²) in [5.74, 6) is -0.490. The average Bonchev–Trinajstić information content (AvgIpc) is 3.05. The number of fused-ring (bicyclic) bond motifs is 1. The summed E-state index contributed by atoms with van der Waals surface area (Å²) < 4.78 is 15.1. The van der Waals surface area contributed by atoms with Gasteiger partial charge in [0.25, 0.3) is 5.56 Å². The second-order valence-corrected chi connectivity index (χ2v) is 6.37. The molecule has 0 fully saturated rings. The van der Waals surface area contributed by atoms with Crippen LogP contribution in [0.2, 0.25) is 0 Å². The summed E-state index contributed by atoms with van der Waals surface area (Å²) in [7, 11) is 1.62. The third-order valence-electron chi connectivity index (χ3n) is 3.81. The van der Waals surface area contributed by atoms with Crippen LogP contribution in [0.1, 0.15) is 12.0 Å². The molecule has 2 heterocycles. The molecule has 0 unspecified atom stereocenters. The molecule has 0 spiro atoms. The molecule has 0 aliphatic rings. The molecular formula is C17H16FN3O2S. The smallest absolute Gasteiger partial charge is 0.262 e. The van der Waals surface area contributed by atoms with E-state index in [2.05, 4.69) is 4.98 Å². The summed E-state index contributed by atoms with van der Waals surface area (Å²) in [6.07, 6.45) is 1.62. The Balaban J connectivity index is 1.65. The van der Waals surface area contributed by atoms with Crippen molar-refractivity contribution in [3.63, 3.8) is 0 Å². The lowest BCUT2D eigenvalue weighted by Crippen LogP contribution is -2.29. The number of hydrogen-bond donors (Lipinski definition) is 0. The highest BCUT2D eigenvalue weighted by atomic mass is 32.1. The summed E-state index contributed by atoms with van der Waals surface area (Å²) in [6.45, 7) is 0.445. The van der Waals surface area contributed by atoms with Crippen LogP contribution < -0.4 is 5.56 Å². The van der Waals surface area contributed by atoms with Crippen molar-refractivity contribution in [1.82, 2.24) is 14.5 Å². The Labute approximate surface area is 142 Å². The van der Waals surface area contributed by atoms with Crippen molar-refractivity contribution in [3.05, 3.63) is 63.8 Å². The van der Waals surface area contributed by atoms with Gasteiger partial charge in [0.2, 0.25) is 5.91 Å². The number of aryl methyl sites for hydroxylation is 1. The van der Waals surface area contributed by atoms with Gasteiger partial charge in [-0.05, 0) is 17.5 Å². The van der Waals surface area contributed by atoms with Crippen molar-refractivity contribution < 1.29 is 9.18 Å². The van der Waals surface area contributed by atoms with E-state index in [1.54, 1.807) is 31.3 Å². The molecule has 3 aromatic rings. The lowest BCUT2D eigenvalue weighted by Gasteiger charge is -2.18. The summed E-state index contributed by atoms with van der Waals surface area (Å²) in [6, 6.07) is 8.10. The van der Waals surface area contributed by atoms with Gasteiger partial charge in [-0.25, -0.2) is 9.37 Å². The van der Waals surface area contributed by atoms with Gasteiger partial charge >= 0.3 is 0 Å². The lowest BCUT2D eigenvalue weighted by atomic mass is 10.2. The van der Waals surface area contributed by atoms with Crippen molar-refractivity contribution in [2.24, 2.45) is 0 Å². The van der Waals surface area contributed by atoms with E-state index in [0.29, 0.717) is 15.8 Å². The molecule has 0 saturated heterocycles. The molecular weight excluding hydrogens is 329 g/mol. The van der Waals surface area contributed by atoms with Crippen LogP contribution in [0, 0.1) is 5.82 Å². The van der Waals surface area contributed by atoms with Gasteiger partial charge in [0, 0.05) is 32.1 Å². The predicted molar refractivity (Wildman–Crippen MR) is 91.4 cm³/mol. The Morgan fingerprint density at radius 2 is 2.12 bits per heavy atom. The van der Waals surface area contributed by atoms with Gasteiger partial charge in [0.05, 0.1) is 11.7 Å². The standard InChI is InChI=1S/C17H16FN3O2S/c1-20(10-12-4-2-3-5-14(12)18)15(22)6-8-21-11-19-16-13(17(21)23)7-9-24-16/h2-5,7,9,11H,6,8,10H2,1H3. The van der Waals surface area contributed by atoms with E-state index in [4.69, 9.17) is 0 Å².